The van der Waals surface area contributed by atoms with Crippen LogP contribution in [0, 0.1) is 0 Å². The molecule has 0 aromatic heterocycles. The molecule has 16 heavy (non-hydrogen) atoms. The van der Waals surface area contributed by atoms with Crippen LogP contribution in [0.3, 0.4) is 0 Å². The molecule has 0 heterocycles. The monoisotopic (exact) mass is 254 g/mol. The van der Waals surface area contributed by atoms with Gasteiger partial charge in [0.25, 0.3) is 0 Å². The third-order valence-corrected chi connectivity index (χ3v) is 3.27. The van der Waals surface area contributed by atoms with Gasteiger partial charge in [-0.1, -0.05) is 0 Å². The SMILES string of the molecule is CC(C)OCCS(=O)(=O)NCC(N)C(C)O. The second-order valence-corrected chi connectivity index (χ2v) is 5.92. The molecule has 0 radical (unpaired) electrons. The van der Waals surface area contributed by atoms with Crippen molar-refractivity contribution >= 4 is 10.0 Å². The minimum atomic E-state index is -3.37. The van der Waals surface area contributed by atoms with Crippen LogP contribution in [0.5, 0.6) is 0 Å². The van der Waals surface area contributed by atoms with E-state index in [2.05, 4.69) is 4.72 Å². The largest absolute Gasteiger partial charge is 0.392 e. The topological polar surface area (TPSA) is 102 Å². The van der Waals surface area contributed by atoms with E-state index in [0.29, 0.717) is 0 Å². The molecule has 0 fully saturated rings. The molecule has 0 aromatic carbocycles. The third kappa shape index (κ3) is 8.00. The van der Waals surface area contributed by atoms with Gasteiger partial charge in [0.2, 0.25) is 10.0 Å². The average molecular weight is 254 g/mol. The van der Waals surface area contributed by atoms with Crippen LogP contribution in [0.1, 0.15) is 20.8 Å². The molecule has 0 saturated heterocycles. The quantitative estimate of drug-likeness (QED) is 0.518. The highest BCUT2D eigenvalue weighted by Crippen LogP contribution is 1.92. The van der Waals surface area contributed by atoms with Crippen LogP contribution in [0.2, 0.25) is 0 Å². The van der Waals surface area contributed by atoms with Crippen LogP contribution >= 0.6 is 0 Å². The van der Waals surface area contributed by atoms with E-state index in [9.17, 15) is 8.42 Å². The van der Waals surface area contributed by atoms with E-state index in [1.165, 1.54) is 6.92 Å². The number of hydrogen-bond donors (Lipinski definition) is 3. The predicted octanol–water partition coefficient (Wildman–Crippen LogP) is -0.961. The van der Waals surface area contributed by atoms with Crippen LogP contribution in [-0.4, -0.2) is 50.7 Å². The van der Waals surface area contributed by atoms with Crippen molar-refractivity contribution in [3.05, 3.63) is 0 Å². The smallest absolute Gasteiger partial charge is 0.213 e. The molecule has 0 saturated carbocycles. The standard InChI is InChI=1S/C9H22N2O4S/c1-7(2)15-4-5-16(13,14)11-6-9(10)8(3)12/h7-9,11-12H,4-6,10H2,1-3H3. The van der Waals surface area contributed by atoms with Crippen LogP contribution < -0.4 is 10.5 Å². The Kier molecular flexibility index (Phi) is 7.09. The third-order valence-electron chi connectivity index (χ3n) is 1.96. The maximum Gasteiger partial charge on any atom is 0.213 e. The summed E-state index contributed by atoms with van der Waals surface area (Å²) in [4.78, 5) is 0. The van der Waals surface area contributed by atoms with Gasteiger partial charge < -0.3 is 15.6 Å². The fourth-order valence-corrected chi connectivity index (χ4v) is 1.77. The Balaban J connectivity index is 3.88. The Morgan fingerprint density at radius 1 is 1.38 bits per heavy atom. The summed E-state index contributed by atoms with van der Waals surface area (Å²) in [5.74, 6) is -0.0995. The van der Waals surface area contributed by atoms with Gasteiger partial charge in [-0.3, -0.25) is 0 Å². The predicted molar refractivity (Wildman–Crippen MR) is 62.5 cm³/mol. The summed E-state index contributed by atoms with van der Waals surface area (Å²) in [6.07, 6.45) is -0.732. The van der Waals surface area contributed by atoms with Crippen LogP contribution in [0.15, 0.2) is 0 Å². The van der Waals surface area contributed by atoms with E-state index in [-0.39, 0.29) is 25.0 Å². The number of nitrogens with two attached hydrogens (primary N) is 1. The van der Waals surface area contributed by atoms with Gasteiger partial charge in [-0.2, -0.15) is 0 Å². The molecule has 4 N–H and O–H groups in total. The van der Waals surface area contributed by atoms with Crippen LogP contribution in [-0.2, 0) is 14.8 Å². The fourth-order valence-electron chi connectivity index (χ4n) is 0.859. The van der Waals surface area contributed by atoms with Crippen molar-refractivity contribution in [2.45, 2.75) is 39.0 Å². The Bertz CT molecular complexity index is 277. The summed E-state index contributed by atoms with van der Waals surface area (Å²) in [6, 6.07) is -0.596. The Morgan fingerprint density at radius 2 is 1.94 bits per heavy atom. The highest BCUT2D eigenvalue weighted by Gasteiger charge is 2.15. The van der Waals surface area contributed by atoms with E-state index in [0.717, 1.165) is 0 Å². The summed E-state index contributed by atoms with van der Waals surface area (Å²) in [5, 5.41) is 9.08. The van der Waals surface area contributed by atoms with Crippen molar-refractivity contribution in [2.24, 2.45) is 5.73 Å². The van der Waals surface area contributed by atoms with E-state index >= 15 is 0 Å². The Hall–Kier alpha value is -0.210. The number of aliphatic hydroxyl groups is 1. The lowest BCUT2D eigenvalue weighted by atomic mass is 10.2. The second-order valence-electron chi connectivity index (χ2n) is 3.99. The molecule has 0 amide bonds. The minimum Gasteiger partial charge on any atom is -0.392 e. The summed E-state index contributed by atoms with van der Waals surface area (Å²) < 4.78 is 30.3. The summed E-state index contributed by atoms with van der Waals surface area (Å²) in [6.45, 7) is 5.37. The molecular weight excluding hydrogens is 232 g/mol. The first kappa shape index (κ1) is 15.8. The van der Waals surface area contributed by atoms with E-state index in [1.807, 2.05) is 13.8 Å². The lowest BCUT2D eigenvalue weighted by Gasteiger charge is -2.15. The molecule has 2 unspecified atom stereocenters. The number of hydrogen-bond acceptors (Lipinski definition) is 5. The first-order chi connectivity index (χ1) is 7.24. The average Bonchev–Trinajstić information content (AvgIpc) is 2.13. The Labute approximate surface area is 97.2 Å². The molecule has 98 valence electrons. The highest BCUT2D eigenvalue weighted by molar-refractivity contribution is 7.89. The summed E-state index contributed by atoms with van der Waals surface area (Å²) in [5.41, 5.74) is 5.49. The number of nitrogens with one attached hydrogen (secondary N) is 1. The van der Waals surface area contributed by atoms with Crippen molar-refractivity contribution < 1.29 is 18.3 Å². The van der Waals surface area contributed by atoms with E-state index in [4.69, 9.17) is 15.6 Å². The number of ether oxygens (including phenoxy) is 1. The highest BCUT2D eigenvalue weighted by atomic mass is 32.2. The fraction of sp³-hybridized carbons (Fsp3) is 1.00. The van der Waals surface area contributed by atoms with E-state index < -0.39 is 22.2 Å². The Morgan fingerprint density at radius 3 is 2.38 bits per heavy atom. The molecule has 0 aliphatic carbocycles. The molecule has 6 nitrogen and oxygen atoms in total. The maximum atomic E-state index is 11.4. The zero-order valence-corrected chi connectivity index (χ0v) is 10.8. The molecule has 0 bridgehead atoms. The summed E-state index contributed by atoms with van der Waals surface area (Å²) >= 11 is 0. The van der Waals surface area contributed by atoms with Gasteiger partial charge in [0.15, 0.2) is 0 Å². The molecule has 7 heteroatoms. The maximum absolute atomic E-state index is 11.4. The van der Waals surface area contributed by atoms with Gasteiger partial charge in [0.05, 0.1) is 24.6 Å². The zero-order chi connectivity index (χ0) is 12.8. The number of sulfonamides is 1. The molecule has 0 aliphatic rings. The lowest BCUT2D eigenvalue weighted by molar-refractivity contribution is 0.0911. The molecule has 0 aliphatic heterocycles. The van der Waals surface area contributed by atoms with Gasteiger partial charge >= 0.3 is 0 Å². The summed E-state index contributed by atoms with van der Waals surface area (Å²) in [7, 11) is -3.37. The molecule has 2 atom stereocenters. The normalized spacial score (nSPS) is 16.4. The van der Waals surface area contributed by atoms with Crippen molar-refractivity contribution in [1.82, 2.24) is 4.72 Å². The van der Waals surface area contributed by atoms with Crippen LogP contribution in [0.25, 0.3) is 0 Å². The van der Waals surface area contributed by atoms with Gasteiger partial charge in [-0.15, -0.1) is 0 Å². The molecular formula is C9H22N2O4S. The van der Waals surface area contributed by atoms with Gasteiger partial charge in [-0.05, 0) is 20.8 Å². The molecule has 0 spiro atoms. The van der Waals surface area contributed by atoms with E-state index in [1.54, 1.807) is 0 Å². The second kappa shape index (κ2) is 7.18. The van der Waals surface area contributed by atoms with Gasteiger partial charge in [-0.25, -0.2) is 13.1 Å². The first-order valence-corrected chi connectivity index (χ1v) is 6.92. The number of aliphatic hydroxyl groups excluding tert-OH is 1. The van der Waals surface area contributed by atoms with Crippen LogP contribution in [0.4, 0.5) is 0 Å². The molecule has 0 rings (SSSR count). The minimum absolute atomic E-state index is 0.00919. The zero-order valence-electron chi connectivity index (χ0n) is 10.0. The first-order valence-electron chi connectivity index (χ1n) is 5.27. The van der Waals surface area contributed by atoms with Gasteiger partial charge in [0, 0.05) is 12.6 Å². The lowest BCUT2D eigenvalue weighted by Crippen LogP contribution is -2.44. The molecule has 0 aromatic rings. The van der Waals surface area contributed by atoms with Crippen molar-refractivity contribution in [3.8, 4) is 0 Å². The van der Waals surface area contributed by atoms with Crippen molar-refractivity contribution in [2.75, 3.05) is 18.9 Å². The van der Waals surface area contributed by atoms with Gasteiger partial charge in [0.1, 0.15) is 0 Å². The van der Waals surface area contributed by atoms with Crippen molar-refractivity contribution in [1.29, 1.82) is 0 Å². The number of rotatable bonds is 8. The van der Waals surface area contributed by atoms with Crippen molar-refractivity contribution in [3.63, 3.8) is 0 Å².